The Hall–Kier alpha value is 0.0299. The highest BCUT2D eigenvalue weighted by molar-refractivity contribution is 6.57. The highest BCUT2D eigenvalue weighted by Crippen LogP contribution is 2.42. The summed E-state index contributed by atoms with van der Waals surface area (Å²) in [5.74, 6) is 3.27. The molecule has 30 heavy (non-hydrogen) atoms. The summed E-state index contributed by atoms with van der Waals surface area (Å²) in [5.41, 5.74) is 0.522. The van der Waals surface area contributed by atoms with Crippen molar-refractivity contribution in [3.05, 3.63) is 23.1 Å². The Bertz CT molecular complexity index is 628. The Morgan fingerprint density at radius 3 is 1.67 bits per heavy atom. The third-order valence-electron chi connectivity index (χ3n) is 6.77. The van der Waals surface area contributed by atoms with Crippen LogP contribution in [-0.4, -0.2) is 48.4 Å². The average Bonchev–Trinajstić information content (AvgIpc) is 2.94. The van der Waals surface area contributed by atoms with Crippen molar-refractivity contribution in [1.82, 2.24) is 0 Å². The van der Waals surface area contributed by atoms with Gasteiger partial charge in [0.15, 0.2) is 0 Å². The number of alkyl halides is 2. The van der Waals surface area contributed by atoms with Gasteiger partial charge in [-0.25, -0.2) is 0 Å². The maximum Gasteiger partial charge on any atom is 0.494 e. The van der Waals surface area contributed by atoms with Gasteiger partial charge in [0.2, 0.25) is 0 Å². The summed E-state index contributed by atoms with van der Waals surface area (Å²) in [6, 6.07) is 0. The maximum absolute atomic E-state index is 6.39. The van der Waals surface area contributed by atoms with E-state index in [-0.39, 0.29) is 0 Å². The molecule has 170 valence electrons. The first-order chi connectivity index (χ1) is 13.8. The van der Waals surface area contributed by atoms with E-state index < -0.39 is 36.6 Å². The second kappa shape index (κ2) is 9.89. The average molecular weight is 459 g/mol. The number of halogens is 2. The lowest BCUT2D eigenvalue weighted by Gasteiger charge is -2.32. The molecule has 2 rings (SSSR count). The molecule has 0 aromatic carbocycles. The number of hydrogen-bond donors (Lipinski definition) is 0. The smallest absolute Gasteiger partial charge is 0.400 e. The fourth-order valence-electron chi connectivity index (χ4n) is 3.39. The van der Waals surface area contributed by atoms with Gasteiger partial charge in [-0.15, -0.1) is 23.2 Å². The molecule has 0 aromatic heterocycles. The third-order valence-corrected chi connectivity index (χ3v) is 7.30. The molecule has 0 saturated carbocycles. The number of allylic oxidation sites excluding steroid dienone is 3. The third kappa shape index (κ3) is 5.88. The van der Waals surface area contributed by atoms with Gasteiger partial charge in [-0.1, -0.05) is 17.6 Å². The van der Waals surface area contributed by atoms with Gasteiger partial charge in [0, 0.05) is 11.8 Å². The van der Waals surface area contributed by atoms with E-state index in [9.17, 15) is 0 Å². The molecule has 2 fully saturated rings. The molecule has 0 radical (unpaired) electrons. The quantitative estimate of drug-likeness (QED) is 0.180. The van der Waals surface area contributed by atoms with Crippen LogP contribution >= 0.6 is 23.2 Å². The predicted molar refractivity (Wildman–Crippen MR) is 128 cm³/mol. The molecule has 2 saturated heterocycles. The monoisotopic (exact) mass is 458 g/mol. The second-order valence-corrected chi connectivity index (χ2v) is 10.9. The highest BCUT2D eigenvalue weighted by atomic mass is 35.5. The van der Waals surface area contributed by atoms with Crippen LogP contribution in [0, 0.1) is 0 Å². The van der Waals surface area contributed by atoms with E-state index in [1.54, 1.807) is 0 Å². The Kier molecular flexibility index (Phi) is 8.66. The summed E-state index contributed by atoms with van der Waals surface area (Å²) >= 11 is 12.0. The van der Waals surface area contributed by atoms with Crippen LogP contribution in [0.5, 0.6) is 0 Å². The summed E-state index contributed by atoms with van der Waals surface area (Å²) in [6.45, 7) is 16.5. The molecule has 4 nitrogen and oxygen atoms in total. The Morgan fingerprint density at radius 2 is 1.20 bits per heavy atom. The van der Waals surface area contributed by atoms with Gasteiger partial charge in [0.25, 0.3) is 0 Å². The van der Waals surface area contributed by atoms with Crippen molar-refractivity contribution in [3.8, 4) is 0 Å². The number of unbranched alkanes of at least 4 members (excludes halogenated alkanes) is 1. The largest absolute Gasteiger partial charge is 0.494 e. The fourth-order valence-corrected chi connectivity index (χ4v) is 3.67. The molecule has 0 atom stereocenters. The first-order valence-electron chi connectivity index (χ1n) is 11.0. The Labute approximate surface area is 194 Å². The van der Waals surface area contributed by atoms with E-state index in [1.165, 1.54) is 0 Å². The molecule has 0 aliphatic carbocycles. The molecule has 0 N–H and O–H groups in total. The van der Waals surface area contributed by atoms with E-state index in [0.717, 1.165) is 36.7 Å². The molecular weight excluding hydrogens is 421 g/mol. The van der Waals surface area contributed by atoms with E-state index in [0.29, 0.717) is 11.8 Å². The summed E-state index contributed by atoms with van der Waals surface area (Å²) in [4.78, 5) is 0. The van der Waals surface area contributed by atoms with Crippen molar-refractivity contribution in [2.45, 2.75) is 103 Å². The van der Waals surface area contributed by atoms with Crippen LogP contribution in [-0.2, 0) is 18.6 Å². The van der Waals surface area contributed by atoms with E-state index in [1.807, 2.05) is 0 Å². The summed E-state index contributed by atoms with van der Waals surface area (Å²) in [6.07, 6.45) is 5.58. The van der Waals surface area contributed by atoms with Crippen molar-refractivity contribution >= 4 is 37.4 Å². The predicted octanol–water partition coefficient (Wildman–Crippen LogP) is 6.14. The first-order valence-corrected chi connectivity index (χ1v) is 12.1. The molecule has 0 unspecified atom stereocenters. The van der Waals surface area contributed by atoms with Crippen LogP contribution in [0.3, 0.4) is 0 Å². The lowest BCUT2D eigenvalue weighted by atomic mass is 9.69. The first kappa shape index (κ1) is 26.3. The van der Waals surface area contributed by atoms with Crippen molar-refractivity contribution in [2.24, 2.45) is 0 Å². The topological polar surface area (TPSA) is 36.9 Å². The molecule has 2 aliphatic heterocycles. The van der Waals surface area contributed by atoms with E-state index in [4.69, 9.17) is 41.8 Å². The van der Waals surface area contributed by atoms with Gasteiger partial charge in [0.05, 0.1) is 22.4 Å². The second-order valence-electron chi connectivity index (χ2n) is 10.2. The molecule has 0 spiro atoms. The van der Waals surface area contributed by atoms with Crippen LogP contribution in [0.15, 0.2) is 23.1 Å². The van der Waals surface area contributed by atoms with Crippen molar-refractivity contribution < 1.29 is 18.6 Å². The van der Waals surface area contributed by atoms with Crippen molar-refractivity contribution in [2.75, 3.05) is 11.8 Å². The Morgan fingerprint density at radius 1 is 0.733 bits per heavy atom. The minimum atomic E-state index is -0.450. The summed E-state index contributed by atoms with van der Waals surface area (Å²) in [7, 11) is -0.881. The minimum absolute atomic E-state index is 0.390. The zero-order chi connectivity index (χ0) is 22.8. The Balaban J connectivity index is 2.39. The van der Waals surface area contributed by atoms with Gasteiger partial charge in [-0.2, -0.15) is 0 Å². The number of hydrogen-bond acceptors (Lipinski definition) is 4. The molecule has 2 heterocycles. The standard InChI is InChI=1S/C22H38B2Cl2O4/c1-19(2)20(3,4)28-23(27-19)16-17(12-11-15-26)18(13-9-10-14-25)24-29-21(5,6)22(7,8)30-24/h13,16H,9-12,14-15H2,1-8H3/b17-16+,18-13-. The molecular formula is C22H38B2Cl2O4. The SMILES string of the molecule is CC1(C)OB(/C=C(CCCCl)/C(=C/CCCCl)B2OC(C)(C)C(C)(C)O2)OC1(C)C. The molecule has 0 aromatic rings. The van der Waals surface area contributed by atoms with Crippen LogP contribution in [0.25, 0.3) is 0 Å². The zero-order valence-electron chi connectivity index (χ0n) is 19.9. The van der Waals surface area contributed by atoms with Crippen molar-refractivity contribution in [1.29, 1.82) is 0 Å². The van der Waals surface area contributed by atoms with Crippen molar-refractivity contribution in [3.63, 3.8) is 0 Å². The fraction of sp³-hybridized carbons (Fsp3) is 0.818. The minimum Gasteiger partial charge on any atom is -0.400 e. The van der Waals surface area contributed by atoms with Crippen LogP contribution in [0.4, 0.5) is 0 Å². The van der Waals surface area contributed by atoms with Gasteiger partial charge in [-0.05, 0) is 86.5 Å². The number of rotatable bonds is 9. The van der Waals surface area contributed by atoms with E-state index >= 15 is 0 Å². The molecule has 0 bridgehead atoms. The molecule has 2 aliphatic rings. The van der Waals surface area contributed by atoms with Gasteiger partial charge < -0.3 is 18.6 Å². The van der Waals surface area contributed by atoms with Crippen LogP contribution < -0.4 is 0 Å². The maximum atomic E-state index is 6.39. The lowest BCUT2D eigenvalue weighted by molar-refractivity contribution is 0.00578. The molecule has 0 amide bonds. The lowest BCUT2D eigenvalue weighted by Crippen LogP contribution is -2.41. The summed E-state index contributed by atoms with van der Waals surface area (Å²) < 4.78 is 25.2. The normalized spacial score (nSPS) is 25.3. The van der Waals surface area contributed by atoms with Crippen LogP contribution in [0.1, 0.15) is 81.1 Å². The van der Waals surface area contributed by atoms with Gasteiger partial charge in [-0.3, -0.25) is 0 Å². The molecule has 8 heteroatoms. The summed E-state index contributed by atoms with van der Waals surface area (Å²) in [5, 5.41) is 0. The van der Waals surface area contributed by atoms with E-state index in [2.05, 4.69) is 67.4 Å². The highest BCUT2D eigenvalue weighted by Gasteiger charge is 2.54. The van der Waals surface area contributed by atoms with Gasteiger partial charge in [0.1, 0.15) is 0 Å². The van der Waals surface area contributed by atoms with Crippen LogP contribution in [0.2, 0.25) is 0 Å². The van der Waals surface area contributed by atoms with Gasteiger partial charge >= 0.3 is 14.2 Å². The zero-order valence-corrected chi connectivity index (χ0v) is 21.5.